The molecule has 2 aromatic rings. The molecule has 0 aromatic heterocycles. The molecule has 2 aromatic carbocycles. The molecule has 0 heterocycles. The molecule has 4 heteroatoms. The average Bonchev–Trinajstić information content (AvgIpc) is 2.51. The van der Waals surface area contributed by atoms with Crippen molar-refractivity contribution in [1.82, 2.24) is 4.90 Å². The number of halogens is 1. The van der Waals surface area contributed by atoms with Gasteiger partial charge in [0, 0.05) is 24.2 Å². The number of ether oxygens (including phenoxy) is 1. The van der Waals surface area contributed by atoms with Crippen molar-refractivity contribution in [3.05, 3.63) is 65.0 Å². The van der Waals surface area contributed by atoms with E-state index in [4.69, 9.17) is 4.74 Å². The van der Waals surface area contributed by atoms with Crippen LogP contribution in [0, 0.1) is 5.82 Å². The van der Waals surface area contributed by atoms with Gasteiger partial charge >= 0.3 is 0 Å². The van der Waals surface area contributed by atoms with Gasteiger partial charge in [-0.15, -0.1) is 0 Å². The van der Waals surface area contributed by atoms with Gasteiger partial charge < -0.3 is 4.74 Å². The lowest BCUT2D eigenvalue weighted by molar-refractivity contribution is 0.101. The van der Waals surface area contributed by atoms with E-state index in [0.29, 0.717) is 25.3 Å². The summed E-state index contributed by atoms with van der Waals surface area (Å²) in [6.45, 7) is 5.41. The summed E-state index contributed by atoms with van der Waals surface area (Å²) in [6.07, 6.45) is 0. The topological polar surface area (TPSA) is 29.5 Å². The molecule has 122 valence electrons. The Morgan fingerprint density at radius 3 is 2.43 bits per heavy atom. The van der Waals surface area contributed by atoms with E-state index in [2.05, 4.69) is 4.90 Å². The lowest BCUT2D eigenvalue weighted by Crippen LogP contribution is -2.18. The van der Waals surface area contributed by atoms with E-state index in [0.717, 1.165) is 16.9 Å². The van der Waals surface area contributed by atoms with Crippen LogP contribution in [0.5, 0.6) is 5.75 Å². The number of ketones is 1. The van der Waals surface area contributed by atoms with Crippen molar-refractivity contribution in [3.8, 4) is 5.75 Å². The molecule has 0 aliphatic carbocycles. The first-order valence-electron chi connectivity index (χ1n) is 7.69. The molecule has 0 fully saturated rings. The van der Waals surface area contributed by atoms with Crippen LogP contribution in [0.4, 0.5) is 4.39 Å². The number of carbonyl (C=O) groups excluding carboxylic acids is 1. The molecule has 0 radical (unpaired) electrons. The molecular weight excluding hydrogens is 293 g/mol. The standard InChI is InChI=1S/C19H22FNO2/c1-4-23-19-10-7-16(14(2)22)11-17(19)13-21(3)12-15-5-8-18(20)9-6-15/h5-11H,4,12-13H2,1-3H3. The van der Waals surface area contributed by atoms with E-state index in [1.165, 1.54) is 12.1 Å². The normalized spacial score (nSPS) is 10.8. The Balaban J connectivity index is 2.14. The molecule has 3 nitrogen and oxygen atoms in total. The van der Waals surface area contributed by atoms with Gasteiger partial charge in [0.05, 0.1) is 6.61 Å². The second kappa shape index (κ2) is 7.88. The number of Topliss-reactive ketones (excluding diaryl/α,β-unsaturated/α-hetero) is 1. The fourth-order valence-corrected chi connectivity index (χ4v) is 2.47. The summed E-state index contributed by atoms with van der Waals surface area (Å²) in [6, 6.07) is 12.0. The first-order chi connectivity index (χ1) is 11.0. The van der Waals surface area contributed by atoms with Crippen molar-refractivity contribution < 1.29 is 13.9 Å². The Morgan fingerprint density at radius 1 is 1.13 bits per heavy atom. The molecule has 0 N–H and O–H groups in total. The van der Waals surface area contributed by atoms with E-state index in [1.54, 1.807) is 25.1 Å². The molecule has 0 bridgehead atoms. The summed E-state index contributed by atoms with van der Waals surface area (Å²) in [5.74, 6) is 0.600. The molecule has 0 amide bonds. The number of benzene rings is 2. The minimum atomic E-state index is -0.232. The number of nitrogens with zero attached hydrogens (tertiary/aromatic N) is 1. The number of hydrogen-bond donors (Lipinski definition) is 0. The van der Waals surface area contributed by atoms with Crippen LogP contribution in [-0.4, -0.2) is 24.3 Å². The monoisotopic (exact) mass is 315 g/mol. The minimum Gasteiger partial charge on any atom is -0.494 e. The molecule has 23 heavy (non-hydrogen) atoms. The van der Waals surface area contributed by atoms with Gasteiger partial charge in [-0.3, -0.25) is 9.69 Å². The van der Waals surface area contributed by atoms with E-state index in [1.807, 2.05) is 26.1 Å². The second-order valence-corrected chi connectivity index (χ2v) is 5.61. The van der Waals surface area contributed by atoms with E-state index >= 15 is 0 Å². The van der Waals surface area contributed by atoms with Crippen LogP contribution in [-0.2, 0) is 13.1 Å². The molecule has 2 rings (SSSR count). The van der Waals surface area contributed by atoms with Crippen molar-refractivity contribution in [2.24, 2.45) is 0 Å². The average molecular weight is 315 g/mol. The molecule has 0 unspecified atom stereocenters. The molecule has 0 saturated carbocycles. The maximum atomic E-state index is 13.0. The fraction of sp³-hybridized carbons (Fsp3) is 0.316. The molecule has 0 aliphatic heterocycles. The number of hydrogen-bond acceptors (Lipinski definition) is 3. The summed E-state index contributed by atoms with van der Waals surface area (Å²) >= 11 is 0. The van der Waals surface area contributed by atoms with E-state index in [-0.39, 0.29) is 11.6 Å². The third kappa shape index (κ3) is 4.89. The zero-order valence-electron chi connectivity index (χ0n) is 13.8. The smallest absolute Gasteiger partial charge is 0.159 e. The van der Waals surface area contributed by atoms with Crippen molar-refractivity contribution in [2.75, 3.05) is 13.7 Å². The Kier molecular flexibility index (Phi) is 5.88. The molecular formula is C19H22FNO2. The predicted octanol–water partition coefficient (Wildman–Crippen LogP) is 4.06. The first-order valence-corrected chi connectivity index (χ1v) is 7.69. The first kappa shape index (κ1) is 17.2. The lowest BCUT2D eigenvalue weighted by Gasteiger charge is -2.19. The zero-order valence-corrected chi connectivity index (χ0v) is 13.8. The minimum absolute atomic E-state index is 0.0375. The van der Waals surface area contributed by atoms with Crippen molar-refractivity contribution in [1.29, 1.82) is 0 Å². The highest BCUT2D eigenvalue weighted by Crippen LogP contribution is 2.23. The van der Waals surface area contributed by atoms with Gasteiger partial charge in [0.2, 0.25) is 0 Å². The lowest BCUT2D eigenvalue weighted by atomic mass is 10.1. The summed E-state index contributed by atoms with van der Waals surface area (Å²) in [7, 11) is 1.99. The molecule has 0 atom stereocenters. The van der Waals surface area contributed by atoms with Crippen molar-refractivity contribution in [2.45, 2.75) is 26.9 Å². The SMILES string of the molecule is CCOc1ccc(C(C)=O)cc1CN(C)Cc1ccc(F)cc1. The zero-order chi connectivity index (χ0) is 16.8. The Hall–Kier alpha value is -2.20. The van der Waals surface area contributed by atoms with Gasteiger partial charge in [0.1, 0.15) is 11.6 Å². The van der Waals surface area contributed by atoms with Crippen LogP contribution in [0.15, 0.2) is 42.5 Å². The van der Waals surface area contributed by atoms with Gasteiger partial charge in [0.25, 0.3) is 0 Å². The maximum absolute atomic E-state index is 13.0. The molecule has 0 saturated heterocycles. The Bertz CT molecular complexity index is 668. The molecule has 0 aliphatic rings. The van der Waals surface area contributed by atoms with Crippen LogP contribution in [0.1, 0.15) is 35.3 Å². The van der Waals surface area contributed by atoms with Crippen LogP contribution >= 0.6 is 0 Å². The van der Waals surface area contributed by atoms with Gasteiger partial charge in [0.15, 0.2) is 5.78 Å². The Labute approximate surface area is 136 Å². The third-order valence-electron chi connectivity index (χ3n) is 3.57. The van der Waals surface area contributed by atoms with Crippen LogP contribution in [0.2, 0.25) is 0 Å². The van der Waals surface area contributed by atoms with Gasteiger partial charge in [-0.25, -0.2) is 4.39 Å². The van der Waals surface area contributed by atoms with Gasteiger partial charge in [-0.2, -0.15) is 0 Å². The van der Waals surface area contributed by atoms with E-state index < -0.39 is 0 Å². The van der Waals surface area contributed by atoms with Crippen LogP contribution in [0.25, 0.3) is 0 Å². The number of rotatable bonds is 7. The Morgan fingerprint density at radius 2 is 1.83 bits per heavy atom. The van der Waals surface area contributed by atoms with Crippen molar-refractivity contribution in [3.63, 3.8) is 0 Å². The number of carbonyl (C=O) groups is 1. The fourth-order valence-electron chi connectivity index (χ4n) is 2.47. The van der Waals surface area contributed by atoms with Crippen LogP contribution in [0.3, 0.4) is 0 Å². The van der Waals surface area contributed by atoms with Gasteiger partial charge in [-0.05, 0) is 56.8 Å². The summed E-state index contributed by atoms with van der Waals surface area (Å²) in [5.41, 5.74) is 2.69. The maximum Gasteiger partial charge on any atom is 0.159 e. The van der Waals surface area contributed by atoms with Crippen LogP contribution < -0.4 is 4.74 Å². The summed E-state index contributed by atoms with van der Waals surface area (Å²) in [4.78, 5) is 13.7. The highest BCUT2D eigenvalue weighted by Gasteiger charge is 2.10. The van der Waals surface area contributed by atoms with Crippen molar-refractivity contribution >= 4 is 5.78 Å². The highest BCUT2D eigenvalue weighted by atomic mass is 19.1. The third-order valence-corrected chi connectivity index (χ3v) is 3.57. The summed E-state index contributed by atoms with van der Waals surface area (Å²) in [5, 5.41) is 0. The van der Waals surface area contributed by atoms with E-state index in [9.17, 15) is 9.18 Å². The second-order valence-electron chi connectivity index (χ2n) is 5.61. The highest BCUT2D eigenvalue weighted by molar-refractivity contribution is 5.94. The largest absolute Gasteiger partial charge is 0.494 e. The molecule has 0 spiro atoms. The summed E-state index contributed by atoms with van der Waals surface area (Å²) < 4.78 is 18.6. The quantitative estimate of drug-likeness (QED) is 0.722. The predicted molar refractivity (Wildman–Crippen MR) is 89.2 cm³/mol. The van der Waals surface area contributed by atoms with Gasteiger partial charge in [-0.1, -0.05) is 12.1 Å².